The Labute approximate surface area is 234 Å². The van der Waals surface area contributed by atoms with Crippen LogP contribution >= 0.6 is 0 Å². The summed E-state index contributed by atoms with van der Waals surface area (Å²) in [6, 6.07) is 3.60. The van der Waals surface area contributed by atoms with Crippen molar-refractivity contribution in [2.75, 3.05) is 6.61 Å². The Morgan fingerprint density at radius 2 is 1.49 bits per heavy atom. The molecule has 0 radical (unpaired) electrons. The zero-order valence-corrected chi connectivity index (χ0v) is 23.8. The highest BCUT2D eigenvalue weighted by molar-refractivity contribution is 5.81. The van der Waals surface area contributed by atoms with E-state index in [1.807, 2.05) is 26.8 Å². The number of fused-ring (bicyclic) bond motifs is 2. The largest absolute Gasteiger partial charge is 0.462 e. The average Bonchev–Trinajstić information content (AvgIpc) is 2.84. The number of hydrogen-bond acceptors (Lipinski definition) is 12. The molecule has 3 rings (SSSR count). The third kappa shape index (κ3) is 7.52. The van der Waals surface area contributed by atoms with Gasteiger partial charge in [0.15, 0.2) is 29.8 Å². The first-order chi connectivity index (χ1) is 19.2. The number of esters is 4. The molecule has 3 atom stereocenters. The molecule has 0 aliphatic carbocycles. The summed E-state index contributed by atoms with van der Waals surface area (Å²) < 4.78 is 22.8. The second kappa shape index (κ2) is 12.7. The molecule has 2 aliphatic heterocycles. The van der Waals surface area contributed by atoms with Gasteiger partial charge in [-0.2, -0.15) is 4.98 Å². The lowest BCUT2D eigenvalue weighted by molar-refractivity contribution is -0.190. The van der Waals surface area contributed by atoms with Crippen molar-refractivity contribution in [1.82, 2.24) is 19.5 Å². The Morgan fingerprint density at radius 3 is 2.05 bits per heavy atom. The van der Waals surface area contributed by atoms with E-state index >= 15 is 0 Å². The van der Waals surface area contributed by atoms with Gasteiger partial charge in [-0.05, 0) is 36.1 Å². The molecule has 220 valence electrons. The van der Waals surface area contributed by atoms with Gasteiger partial charge in [0.05, 0.1) is 17.6 Å². The van der Waals surface area contributed by atoms with Crippen molar-refractivity contribution in [2.24, 2.45) is 0 Å². The number of aromatic amines is 1. The van der Waals surface area contributed by atoms with E-state index in [-0.39, 0.29) is 24.0 Å². The lowest BCUT2D eigenvalue weighted by atomic mass is 9.97. The highest BCUT2D eigenvalue weighted by Crippen LogP contribution is 2.29. The molecule has 0 bridgehead atoms. The number of ether oxygens (including phenoxy) is 4. The number of aromatic nitrogens is 4. The lowest BCUT2D eigenvalue weighted by Gasteiger charge is -2.32. The minimum absolute atomic E-state index is 0.0842. The number of benzene rings is 1. The van der Waals surface area contributed by atoms with Crippen molar-refractivity contribution in [3.63, 3.8) is 0 Å². The fraction of sp³-hybridized carbons (Fsp3) is 0.481. The summed E-state index contributed by atoms with van der Waals surface area (Å²) in [7, 11) is 0. The van der Waals surface area contributed by atoms with Gasteiger partial charge in [0, 0.05) is 27.7 Å². The van der Waals surface area contributed by atoms with Crippen molar-refractivity contribution in [1.29, 1.82) is 0 Å². The van der Waals surface area contributed by atoms with Gasteiger partial charge in [-0.1, -0.05) is 13.8 Å². The molecule has 0 spiro atoms. The Balaban J connectivity index is 2.32. The number of aryl methyl sites for hydroxylation is 1. The van der Waals surface area contributed by atoms with Crippen molar-refractivity contribution in [2.45, 2.75) is 79.2 Å². The number of hydrogen-bond donors (Lipinski definition) is 1. The van der Waals surface area contributed by atoms with Crippen LogP contribution in [0.5, 0.6) is 0 Å². The topological polar surface area (TPSA) is 186 Å². The van der Waals surface area contributed by atoms with E-state index in [4.69, 9.17) is 18.9 Å². The minimum Gasteiger partial charge on any atom is -0.462 e. The van der Waals surface area contributed by atoms with Crippen molar-refractivity contribution in [3.8, 4) is 11.5 Å². The number of rotatable bonds is 10. The van der Waals surface area contributed by atoms with Gasteiger partial charge in [0.1, 0.15) is 6.61 Å². The van der Waals surface area contributed by atoms with Gasteiger partial charge in [0.2, 0.25) is 0 Å². The van der Waals surface area contributed by atoms with Crippen LogP contribution < -0.4 is 11.2 Å². The standard InChI is InChI=1S/C27H32N4O10/c1-12(2)18-9-20-19(8-13(18)3)28-23-25(29-27(37)30-26(23)36)31(20)10-21(39-15(5)33)24(41-17(7)35)22(40-16(6)34)11-38-14(4)32/h8-9,12,21-22,24H,10-11H2,1-7H3,(H,30,36,37)/t21-,22+,24-/m0/s1. The molecule has 0 amide bonds. The highest BCUT2D eigenvalue weighted by Gasteiger charge is 2.39. The third-order valence-corrected chi connectivity index (χ3v) is 6.10. The Morgan fingerprint density at radius 1 is 0.878 bits per heavy atom. The van der Waals surface area contributed by atoms with E-state index in [0.29, 0.717) is 11.0 Å². The molecule has 0 fully saturated rings. The first-order valence-corrected chi connectivity index (χ1v) is 12.8. The summed E-state index contributed by atoms with van der Waals surface area (Å²) in [5, 5.41) is 0. The van der Waals surface area contributed by atoms with E-state index < -0.39 is 60.0 Å². The molecule has 1 aromatic carbocycles. The highest BCUT2D eigenvalue weighted by atomic mass is 16.6. The maximum Gasteiger partial charge on any atom is 0.349 e. The summed E-state index contributed by atoms with van der Waals surface area (Å²) >= 11 is 0. The van der Waals surface area contributed by atoms with E-state index in [9.17, 15) is 28.8 Å². The molecule has 41 heavy (non-hydrogen) atoms. The summed E-state index contributed by atoms with van der Waals surface area (Å²) in [6.07, 6.45) is -4.24. The van der Waals surface area contributed by atoms with Crippen LogP contribution in [0.3, 0.4) is 0 Å². The van der Waals surface area contributed by atoms with Gasteiger partial charge >= 0.3 is 29.6 Å². The number of nitrogens with one attached hydrogen (secondary N) is 1. The normalized spacial score (nSPS) is 13.5. The van der Waals surface area contributed by atoms with Crippen LogP contribution in [0.25, 0.3) is 22.6 Å². The number of carbonyl (C=O) groups is 4. The van der Waals surface area contributed by atoms with Crippen LogP contribution in [-0.4, -0.2) is 68.3 Å². The average molecular weight is 573 g/mol. The van der Waals surface area contributed by atoms with E-state index in [1.165, 1.54) is 4.57 Å². The zero-order valence-electron chi connectivity index (χ0n) is 23.8. The third-order valence-electron chi connectivity index (χ3n) is 6.10. The predicted molar refractivity (Wildman–Crippen MR) is 143 cm³/mol. The maximum absolute atomic E-state index is 12.7. The van der Waals surface area contributed by atoms with Crippen LogP contribution in [0.15, 0.2) is 21.7 Å². The van der Waals surface area contributed by atoms with Crippen LogP contribution in [0, 0.1) is 6.92 Å². The Hall–Kier alpha value is -4.62. The smallest absolute Gasteiger partial charge is 0.349 e. The molecule has 1 aromatic rings. The molecule has 0 saturated heterocycles. The number of carbonyl (C=O) groups excluding carboxylic acids is 4. The van der Waals surface area contributed by atoms with E-state index in [0.717, 1.165) is 38.8 Å². The summed E-state index contributed by atoms with van der Waals surface area (Å²) in [5.41, 5.74) is 0.792. The monoisotopic (exact) mass is 572 g/mol. The fourth-order valence-electron chi connectivity index (χ4n) is 4.56. The van der Waals surface area contributed by atoms with E-state index in [1.54, 1.807) is 6.07 Å². The first kappa shape index (κ1) is 30.9. The molecule has 2 heterocycles. The quantitative estimate of drug-likeness (QED) is 0.209. The van der Waals surface area contributed by atoms with Crippen molar-refractivity contribution in [3.05, 3.63) is 44.1 Å². The van der Waals surface area contributed by atoms with Gasteiger partial charge in [-0.25, -0.2) is 9.78 Å². The minimum atomic E-state index is -1.48. The summed E-state index contributed by atoms with van der Waals surface area (Å²) in [5.74, 6) is -3.10. The number of nitrogens with zero attached hydrogens (tertiary/aromatic N) is 3. The fourth-order valence-corrected chi connectivity index (χ4v) is 4.56. The van der Waals surface area contributed by atoms with Gasteiger partial charge in [0.25, 0.3) is 5.56 Å². The molecular formula is C27H32N4O10. The molecule has 0 saturated carbocycles. The van der Waals surface area contributed by atoms with E-state index in [2.05, 4.69) is 15.0 Å². The summed E-state index contributed by atoms with van der Waals surface area (Å²) in [6.45, 7) is 9.48. The Kier molecular flexibility index (Phi) is 9.58. The second-order valence-electron chi connectivity index (χ2n) is 9.79. The lowest BCUT2D eigenvalue weighted by Crippen LogP contribution is -2.49. The molecule has 2 aliphatic rings. The van der Waals surface area contributed by atoms with Crippen LogP contribution in [-0.2, 0) is 44.7 Å². The predicted octanol–water partition coefficient (Wildman–Crippen LogP) is 1.37. The Bertz CT molecular complexity index is 1570. The maximum atomic E-state index is 12.7. The molecular weight excluding hydrogens is 540 g/mol. The summed E-state index contributed by atoms with van der Waals surface area (Å²) in [4.78, 5) is 83.5. The molecule has 14 nitrogen and oxygen atoms in total. The second-order valence-corrected chi connectivity index (χ2v) is 9.79. The van der Waals surface area contributed by atoms with Crippen molar-refractivity contribution < 1.29 is 38.1 Å². The van der Waals surface area contributed by atoms with Crippen LogP contribution in [0.1, 0.15) is 58.6 Å². The van der Waals surface area contributed by atoms with Crippen LogP contribution in [0.4, 0.5) is 0 Å². The molecule has 14 heteroatoms. The zero-order chi connectivity index (χ0) is 30.6. The molecule has 0 aromatic heterocycles. The van der Waals surface area contributed by atoms with Crippen molar-refractivity contribution >= 4 is 34.9 Å². The van der Waals surface area contributed by atoms with Gasteiger partial charge in [-0.15, -0.1) is 0 Å². The first-order valence-electron chi connectivity index (χ1n) is 12.8. The molecule has 0 unspecified atom stereocenters. The number of H-pyrrole nitrogens is 1. The SMILES string of the molecule is CC(=O)OC[C@@H](OC(C)=O)[C@@H](OC(C)=O)[C@H](Cn1c2nc(=O)[nH]c(=O)c-2nc2cc(C)c(C(C)C)cc21)OC(C)=O. The van der Waals surface area contributed by atoms with Crippen LogP contribution in [0.2, 0.25) is 0 Å². The van der Waals surface area contributed by atoms with Gasteiger partial charge in [-0.3, -0.25) is 29.0 Å². The molecule has 1 N–H and O–H groups in total. The van der Waals surface area contributed by atoms with Gasteiger partial charge < -0.3 is 23.5 Å².